The fraction of sp³-hybridized carbons (Fsp3) is 0.462. The summed E-state index contributed by atoms with van der Waals surface area (Å²) in [5, 5.41) is 12.1. The van der Waals surface area contributed by atoms with E-state index in [2.05, 4.69) is 59.4 Å². The highest BCUT2D eigenvalue weighted by atomic mass is 79.9. The highest BCUT2D eigenvalue weighted by Gasteiger charge is 2.32. The summed E-state index contributed by atoms with van der Waals surface area (Å²) >= 11 is 3.52. The van der Waals surface area contributed by atoms with Gasteiger partial charge in [-0.25, -0.2) is 0 Å². The molecule has 32 heavy (non-hydrogen) atoms. The zero-order chi connectivity index (χ0) is 23.3. The van der Waals surface area contributed by atoms with E-state index in [-0.39, 0.29) is 18.2 Å². The summed E-state index contributed by atoms with van der Waals surface area (Å²) in [5.74, 6) is -0.324. The number of benzene rings is 2. The number of carboxylic acid groups (broad SMARTS) is 1. The summed E-state index contributed by atoms with van der Waals surface area (Å²) in [6, 6.07) is 14.5. The van der Waals surface area contributed by atoms with Gasteiger partial charge in [0.1, 0.15) is 6.04 Å². The summed E-state index contributed by atoms with van der Waals surface area (Å²) in [6.45, 7) is 5.27. The molecule has 0 aromatic heterocycles. The molecule has 2 aromatic rings. The molecule has 1 saturated carbocycles. The lowest BCUT2D eigenvalue weighted by Crippen LogP contribution is -2.34. The molecule has 0 saturated heterocycles. The van der Waals surface area contributed by atoms with Crippen LogP contribution in [-0.4, -0.2) is 29.6 Å². The predicted molar refractivity (Wildman–Crippen MR) is 131 cm³/mol. The first-order valence-electron chi connectivity index (χ1n) is 11.3. The molecule has 4 N–H and O–H groups in total. The molecule has 2 atom stereocenters. The van der Waals surface area contributed by atoms with Gasteiger partial charge >= 0.3 is 5.97 Å². The molecule has 0 aliphatic heterocycles. The maximum absolute atomic E-state index is 12.8. The van der Waals surface area contributed by atoms with Gasteiger partial charge in [-0.05, 0) is 78.8 Å². The highest BCUT2D eigenvalue weighted by molar-refractivity contribution is 9.10. The molecule has 172 valence electrons. The van der Waals surface area contributed by atoms with Gasteiger partial charge in [0.25, 0.3) is 5.91 Å². The molecule has 0 heterocycles. The fourth-order valence-corrected chi connectivity index (χ4v) is 4.79. The summed E-state index contributed by atoms with van der Waals surface area (Å²) < 4.78 is 1.05. The summed E-state index contributed by atoms with van der Waals surface area (Å²) in [7, 11) is 0. The van der Waals surface area contributed by atoms with E-state index in [0.29, 0.717) is 23.4 Å². The van der Waals surface area contributed by atoms with Crippen molar-refractivity contribution in [3.63, 3.8) is 0 Å². The average Bonchev–Trinajstić information content (AvgIpc) is 2.76. The molecule has 5 nitrogen and oxygen atoms in total. The Labute approximate surface area is 198 Å². The van der Waals surface area contributed by atoms with Crippen LogP contribution in [0.2, 0.25) is 0 Å². The lowest BCUT2D eigenvalue weighted by Gasteiger charge is -2.38. The molecule has 0 radical (unpaired) electrons. The van der Waals surface area contributed by atoms with Crippen molar-refractivity contribution in [2.24, 2.45) is 17.1 Å². The molecule has 2 unspecified atom stereocenters. The normalized spacial score (nSPS) is 18.0. The van der Waals surface area contributed by atoms with Crippen molar-refractivity contribution >= 4 is 27.8 Å². The molecule has 1 fully saturated rings. The second kappa shape index (κ2) is 10.6. The molecule has 6 heteroatoms. The van der Waals surface area contributed by atoms with Crippen molar-refractivity contribution in [2.45, 2.75) is 57.9 Å². The quantitative estimate of drug-likeness (QED) is 0.468. The van der Waals surface area contributed by atoms with Gasteiger partial charge < -0.3 is 16.2 Å². The third-order valence-corrected chi connectivity index (χ3v) is 7.25. The van der Waals surface area contributed by atoms with E-state index in [0.717, 1.165) is 10.0 Å². The fourth-order valence-electron chi connectivity index (χ4n) is 4.53. The van der Waals surface area contributed by atoms with E-state index in [1.54, 1.807) is 24.3 Å². The van der Waals surface area contributed by atoms with Crippen molar-refractivity contribution in [3.8, 4) is 0 Å². The Kier molecular flexibility index (Phi) is 8.12. The van der Waals surface area contributed by atoms with Gasteiger partial charge in [0, 0.05) is 22.5 Å². The third-order valence-electron chi connectivity index (χ3n) is 6.72. The summed E-state index contributed by atoms with van der Waals surface area (Å²) in [5.41, 5.74) is 8.62. The first-order valence-corrected chi connectivity index (χ1v) is 12.0. The Bertz CT molecular complexity index is 915. The first-order chi connectivity index (χ1) is 15.1. The molecule has 3 rings (SSSR count). The van der Waals surface area contributed by atoms with Crippen LogP contribution in [0, 0.1) is 11.3 Å². The van der Waals surface area contributed by atoms with Crippen LogP contribution in [0.1, 0.15) is 66.9 Å². The number of carbonyl (C=O) groups is 2. The number of carboxylic acids is 1. The topological polar surface area (TPSA) is 92.4 Å². The standard InChI is InChI=1S/C26H33BrN2O3/c1-26(2)13-11-19(12-14-26)22(18-7-9-21(27)10-8-18)16-29-24(30)20-5-3-17(4-6-20)15-23(28)25(31)32/h3-10,19,22-23H,11-16,28H2,1-2H3,(H,29,30)(H,31,32). The monoisotopic (exact) mass is 500 g/mol. The molecule has 1 amide bonds. The molecular weight excluding hydrogens is 468 g/mol. The molecule has 2 aromatic carbocycles. The number of carbonyl (C=O) groups excluding carboxylic acids is 1. The SMILES string of the molecule is CC1(C)CCC(C(CNC(=O)c2ccc(CC(N)C(=O)O)cc2)c2ccc(Br)cc2)CC1. The van der Waals surface area contributed by atoms with E-state index in [4.69, 9.17) is 10.8 Å². The van der Waals surface area contributed by atoms with Crippen LogP contribution in [-0.2, 0) is 11.2 Å². The van der Waals surface area contributed by atoms with Crippen molar-refractivity contribution in [1.29, 1.82) is 0 Å². The Morgan fingerprint density at radius 1 is 1.09 bits per heavy atom. The van der Waals surface area contributed by atoms with Gasteiger partial charge in [-0.15, -0.1) is 0 Å². The molecule has 1 aliphatic rings. The van der Waals surface area contributed by atoms with Crippen LogP contribution in [0.25, 0.3) is 0 Å². The highest BCUT2D eigenvalue weighted by Crippen LogP contribution is 2.43. The van der Waals surface area contributed by atoms with Crippen LogP contribution in [0.4, 0.5) is 0 Å². The number of nitrogens with two attached hydrogens (primary N) is 1. The Morgan fingerprint density at radius 2 is 1.69 bits per heavy atom. The summed E-state index contributed by atoms with van der Waals surface area (Å²) in [6.07, 6.45) is 4.99. The van der Waals surface area contributed by atoms with E-state index < -0.39 is 12.0 Å². The molecule has 0 bridgehead atoms. The zero-order valence-electron chi connectivity index (χ0n) is 18.8. The minimum absolute atomic E-state index is 0.114. The number of amides is 1. The van der Waals surface area contributed by atoms with Crippen LogP contribution in [0.15, 0.2) is 53.0 Å². The van der Waals surface area contributed by atoms with Crippen LogP contribution in [0.3, 0.4) is 0 Å². The lowest BCUT2D eigenvalue weighted by atomic mass is 9.68. The Balaban J connectivity index is 1.66. The van der Waals surface area contributed by atoms with Crippen molar-refractivity contribution < 1.29 is 14.7 Å². The molecule has 1 aliphatic carbocycles. The second-order valence-electron chi connectivity index (χ2n) is 9.72. The van der Waals surface area contributed by atoms with Gasteiger partial charge in [-0.2, -0.15) is 0 Å². The van der Waals surface area contributed by atoms with Gasteiger partial charge in [-0.3, -0.25) is 9.59 Å². The maximum atomic E-state index is 12.8. The van der Waals surface area contributed by atoms with Crippen LogP contribution in [0.5, 0.6) is 0 Å². The molecular formula is C26H33BrN2O3. The largest absolute Gasteiger partial charge is 0.480 e. The minimum atomic E-state index is -1.03. The van der Waals surface area contributed by atoms with E-state index in [1.165, 1.54) is 31.2 Å². The molecule has 0 spiro atoms. The van der Waals surface area contributed by atoms with E-state index in [9.17, 15) is 9.59 Å². The van der Waals surface area contributed by atoms with Crippen LogP contribution >= 0.6 is 15.9 Å². The zero-order valence-corrected chi connectivity index (χ0v) is 20.4. The number of hydrogen-bond acceptors (Lipinski definition) is 3. The van der Waals surface area contributed by atoms with Crippen molar-refractivity contribution in [1.82, 2.24) is 5.32 Å². The smallest absolute Gasteiger partial charge is 0.320 e. The minimum Gasteiger partial charge on any atom is -0.480 e. The first kappa shape index (κ1) is 24.5. The Morgan fingerprint density at radius 3 is 2.25 bits per heavy atom. The lowest BCUT2D eigenvalue weighted by molar-refractivity contribution is -0.138. The number of nitrogens with one attached hydrogen (secondary N) is 1. The number of halogens is 1. The van der Waals surface area contributed by atoms with E-state index >= 15 is 0 Å². The van der Waals surface area contributed by atoms with E-state index in [1.807, 2.05) is 0 Å². The van der Waals surface area contributed by atoms with Gasteiger partial charge in [0.15, 0.2) is 0 Å². The van der Waals surface area contributed by atoms with Gasteiger partial charge in [-0.1, -0.05) is 54.0 Å². The number of hydrogen-bond donors (Lipinski definition) is 3. The second-order valence-corrected chi connectivity index (χ2v) is 10.6. The third kappa shape index (κ3) is 6.66. The maximum Gasteiger partial charge on any atom is 0.320 e. The average molecular weight is 501 g/mol. The van der Waals surface area contributed by atoms with Gasteiger partial charge in [0.05, 0.1) is 0 Å². The van der Waals surface area contributed by atoms with Gasteiger partial charge in [0.2, 0.25) is 0 Å². The van der Waals surface area contributed by atoms with Crippen LogP contribution < -0.4 is 11.1 Å². The van der Waals surface area contributed by atoms with Crippen molar-refractivity contribution in [3.05, 3.63) is 69.7 Å². The predicted octanol–water partition coefficient (Wildman–Crippen LogP) is 5.13. The summed E-state index contributed by atoms with van der Waals surface area (Å²) in [4.78, 5) is 23.8. The Hall–Kier alpha value is -2.18. The number of aliphatic carboxylic acids is 1. The number of rotatable bonds is 8. The van der Waals surface area contributed by atoms with Crippen molar-refractivity contribution in [2.75, 3.05) is 6.54 Å².